The molecule has 1 aromatic heterocycles. The molecular weight excluding hydrogens is 457 g/mol. The standard InChI is InChI=1S/C22H23Cl2N3O5/c1-4-7-27-13(2)8-17(14(27)3)19(28)12-32-21(30)11-25-20(29)10-26-22(31)16-6-5-15(23)9-18(16)24/h4-6,8-9H,1,7,10-12H2,2-3H3,(H,25,29)(H,26,31). The third-order valence-corrected chi connectivity index (χ3v) is 5.11. The smallest absolute Gasteiger partial charge is 0.325 e. The number of aryl methyl sites for hydroxylation is 1. The van der Waals surface area contributed by atoms with Gasteiger partial charge in [0.05, 0.1) is 17.1 Å². The van der Waals surface area contributed by atoms with E-state index in [1.807, 2.05) is 11.5 Å². The minimum Gasteiger partial charge on any atom is -0.456 e. The normalized spacial score (nSPS) is 10.4. The maximum Gasteiger partial charge on any atom is 0.325 e. The molecule has 0 aliphatic heterocycles. The number of ketones is 1. The molecule has 0 unspecified atom stereocenters. The summed E-state index contributed by atoms with van der Waals surface area (Å²) in [5.74, 6) is -2.30. The molecule has 1 heterocycles. The van der Waals surface area contributed by atoms with Crippen molar-refractivity contribution < 1.29 is 23.9 Å². The zero-order valence-corrected chi connectivity index (χ0v) is 19.2. The molecule has 2 amide bonds. The van der Waals surface area contributed by atoms with E-state index in [1.54, 1.807) is 19.1 Å². The summed E-state index contributed by atoms with van der Waals surface area (Å²) in [5.41, 5.74) is 2.28. The highest BCUT2D eigenvalue weighted by Crippen LogP contribution is 2.20. The van der Waals surface area contributed by atoms with E-state index < -0.39 is 30.9 Å². The van der Waals surface area contributed by atoms with Crippen molar-refractivity contribution in [2.24, 2.45) is 0 Å². The van der Waals surface area contributed by atoms with Crippen LogP contribution in [0.4, 0.5) is 0 Å². The van der Waals surface area contributed by atoms with Crippen LogP contribution in [-0.2, 0) is 20.9 Å². The molecule has 1 aromatic carbocycles. The van der Waals surface area contributed by atoms with E-state index in [4.69, 9.17) is 27.9 Å². The van der Waals surface area contributed by atoms with Crippen LogP contribution >= 0.6 is 23.2 Å². The van der Waals surface area contributed by atoms with E-state index in [1.165, 1.54) is 18.2 Å². The average molecular weight is 480 g/mol. The Kier molecular flexibility index (Phi) is 9.04. The fraction of sp³-hybridized carbons (Fsp3) is 0.273. The van der Waals surface area contributed by atoms with Gasteiger partial charge >= 0.3 is 5.97 Å². The van der Waals surface area contributed by atoms with Gasteiger partial charge in [-0.2, -0.15) is 0 Å². The number of amides is 2. The Bertz CT molecular complexity index is 1060. The van der Waals surface area contributed by atoms with Crippen molar-refractivity contribution in [3.63, 3.8) is 0 Å². The van der Waals surface area contributed by atoms with Crippen LogP contribution in [0.5, 0.6) is 0 Å². The number of Topliss-reactive ketones (excluding diaryl/α,β-unsaturated/α-hetero) is 1. The summed E-state index contributed by atoms with van der Waals surface area (Å²) in [6.07, 6.45) is 1.73. The van der Waals surface area contributed by atoms with E-state index in [2.05, 4.69) is 17.2 Å². The van der Waals surface area contributed by atoms with Gasteiger partial charge in [0.15, 0.2) is 6.61 Å². The van der Waals surface area contributed by atoms with Gasteiger partial charge in [0.1, 0.15) is 6.54 Å². The molecule has 0 saturated carbocycles. The molecule has 0 bridgehead atoms. The first-order valence-electron chi connectivity index (χ1n) is 9.60. The van der Waals surface area contributed by atoms with Crippen LogP contribution in [0.1, 0.15) is 32.1 Å². The van der Waals surface area contributed by atoms with Crippen LogP contribution in [0.3, 0.4) is 0 Å². The van der Waals surface area contributed by atoms with Gasteiger partial charge in [-0.05, 0) is 38.1 Å². The number of benzene rings is 1. The summed E-state index contributed by atoms with van der Waals surface area (Å²) in [5, 5.41) is 5.22. The highest BCUT2D eigenvalue weighted by atomic mass is 35.5. The molecule has 32 heavy (non-hydrogen) atoms. The van der Waals surface area contributed by atoms with Crippen molar-refractivity contribution >= 4 is 46.8 Å². The molecule has 170 valence electrons. The van der Waals surface area contributed by atoms with Crippen molar-refractivity contribution in [3.05, 3.63) is 69.5 Å². The number of nitrogens with zero attached hydrogens (tertiary/aromatic N) is 1. The first-order chi connectivity index (χ1) is 15.1. The number of rotatable bonds is 10. The van der Waals surface area contributed by atoms with Crippen molar-refractivity contribution in [2.75, 3.05) is 19.7 Å². The van der Waals surface area contributed by atoms with Gasteiger partial charge in [0.25, 0.3) is 5.91 Å². The lowest BCUT2D eigenvalue weighted by Gasteiger charge is -2.09. The number of nitrogens with one attached hydrogen (secondary N) is 2. The zero-order valence-electron chi connectivity index (χ0n) is 17.7. The topological polar surface area (TPSA) is 106 Å². The Morgan fingerprint density at radius 1 is 1.06 bits per heavy atom. The van der Waals surface area contributed by atoms with Gasteiger partial charge in [-0.15, -0.1) is 6.58 Å². The third-order valence-electron chi connectivity index (χ3n) is 4.57. The second-order valence-corrected chi connectivity index (χ2v) is 7.70. The lowest BCUT2D eigenvalue weighted by Crippen LogP contribution is -2.39. The number of aromatic nitrogens is 1. The number of carbonyl (C=O) groups excluding carboxylic acids is 4. The fourth-order valence-corrected chi connectivity index (χ4v) is 3.43. The highest BCUT2D eigenvalue weighted by Gasteiger charge is 2.17. The van der Waals surface area contributed by atoms with Crippen LogP contribution in [0, 0.1) is 13.8 Å². The molecule has 0 radical (unpaired) electrons. The number of carbonyl (C=O) groups is 4. The van der Waals surface area contributed by atoms with Crippen molar-refractivity contribution in [2.45, 2.75) is 20.4 Å². The summed E-state index contributed by atoms with van der Waals surface area (Å²) in [6, 6.07) is 6.07. The van der Waals surface area contributed by atoms with Crippen LogP contribution < -0.4 is 10.6 Å². The Balaban J connectivity index is 1.76. The fourth-order valence-electron chi connectivity index (χ4n) is 2.93. The van der Waals surface area contributed by atoms with Gasteiger partial charge in [0, 0.05) is 28.5 Å². The molecule has 0 atom stereocenters. The summed E-state index contributed by atoms with van der Waals surface area (Å²) < 4.78 is 6.87. The van der Waals surface area contributed by atoms with E-state index in [0.29, 0.717) is 17.1 Å². The first-order valence-corrected chi connectivity index (χ1v) is 10.4. The van der Waals surface area contributed by atoms with Gasteiger partial charge in [-0.1, -0.05) is 29.3 Å². The minimum absolute atomic E-state index is 0.147. The summed E-state index contributed by atoms with van der Waals surface area (Å²) >= 11 is 11.7. The van der Waals surface area contributed by atoms with E-state index >= 15 is 0 Å². The number of hydrogen-bond acceptors (Lipinski definition) is 5. The van der Waals surface area contributed by atoms with Crippen LogP contribution in [-0.4, -0.2) is 47.8 Å². The van der Waals surface area contributed by atoms with Gasteiger partial charge < -0.3 is 19.9 Å². The number of ether oxygens (including phenoxy) is 1. The molecule has 2 rings (SSSR count). The minimum atomic E-state index is -0.779. The molecule has 0 spiro atoms. The Hall–Kier alpha value is -3.10. The molecule has 0 saturated heterocycles. The Morgan fingerprint density at radius 3 is 2.44 bits per heavy atom. The quantitative estimate of drug-likeness (QED) is 0.309. The number of esters is 1. The van der Waals surface area contributed by atoms with Crippen LogP contribution in [0.2, 0.25) is 10.0 Å². The monoisotopic (exact) mass is 479 g/mol. The number of halogens is 2. The predicted octanol–water partition coefficient (Wildman–Crippen LogP) is 2.87. The lowest BCUT2D eigenvalue weighted by atomic mass is 10.1. The van der Waals surface area contributed by atoms with E-state index in [9.17, 15) is 19.2 Å². The highest BCUT2D eigenvalue weighted by molar-refractivity contribution is 6.36. The van der Waals surface area contributed by atoms with E-state index in [-0.39, 0.29) is 22.9 Å². The Labute approximate surface area is 195 Å². The Morgan fingerprint density at radius 2 is 1.78 bits per heavy atom. The molecule has 2 aromatic rings. The number of allylic oxidation sites excluding steroid dienone is 1. The lowest BCUT2D eigenvalue weighted by molar-refractivity contribution is -0.142. The second-order valence-electron chi connectivity index (χ2n) is 6.85. The largest absolute Gasteiger partial charge is 0.456 e. The van der Waals surface area contributed by atoms with Crippen molar-refractivity contribution in [3.8, 4) is 0 Å². The molecule has 0 fully saturated rings. The van der Waals surface area contributed by atoms with Crippen molar-refractivity contribution in [1.82, 2.24) is 15.2 Å². The second kappa shape index (κ2) is 11.5. The molecule has 2 N–H and O–H groups in total. The molecule has 0 aliphatic rings. The molecule has 8 nitrogen and oxygen atoms in total. The third kappa shape index (κ3) is 6.70. The molecule has 0 aliphatic carbocycles. The SMILES string of the molecule is C=CCn1c(C)cc(C(=O)COC(=O)CNC(=O)CNC(=O)c2ccc(Cl)cc2Cl)c1C. The van der Waals surface area contributed by atoms with Crippen LogP contribution in [0.15, 0.2) is 36.9 Å². The first kappa shape index (κ1) is 25.2. The summed E-state index contributed by atoms with van der Waals surface area (Å²) in [7, 11) is 0. The van der Waals surface area contributed by atoms with Crippen LogP contribution in [0.25, 0.3) is 0 Å². The maximum atomic E-state index is 12.4. The van der Waals surface area contributed by atoms with Gasteiger partial charge in [-0.25, -0.2) is 0 Å². The molecule has 10 heteroatoms. The van der Waals surface area contributed by atoms with Gasteiger partial charge in [0.2, 0.25) is 11.7 Å². The average Bonchev–Trinajstić information content (AvgIpc) is 3.03. The summed E-state index contributed by atoms with van der Waals surface area (Å²) in [6.45, 7) is 6.66. The predicted molar refractivity (Wildman–Crippen MR) is 121 cm³/mol. The summed E-state index contributed by atoms with van der Waals surface area (Å²) in [4.78, 5) is 48.2. The molecular formula is C22H23Cl2N3O5. The maximum absolute atomic E-state index is 12.4. The number of hydrogen-bond donors (Lipinski definition) is 2. The van der Waals surface area contributed by atoms with Gasteiger partial charge in [-0.3, -0.25) is 19.2 Å². The zero-order chi connectivity index (χ0) is 23.8. The van der Waals surface area contributed by atoms with E-state index in [0.717, 1.165) is 11.4 Å². The van der Waals surface area contributed by atoms with Crippen molar-refractivity contribution in [1.29, 1.82) is 0 Å².